The molecule has 2 aromatic rings. The highest BCUT2D eigenvalue weighted by Gasteiger charge is 2.16. The van der Waals surface area contributed by atoms with E-state index in [0.717, 1.165) is 11.1 Å². The number of sulfonamides is 1. The summed E-state index contributed by atoms with van der Waals surface area (Å²) in [5.74, 6) is -0.342. The molecule has 0 unspecified atom stereocenters. The number of benzene rings is 2. The lowest BCUT2D eigenvalue weighted by atomic mass is 10.1. The van der Waals surface area contributed by atoms with Crippen molar-refractivity contribution in [3.05, 3.63) is 77.9 Å². The van der Waals surface area contributed by atoms with Crippen molar-refractivity contribution in [3.63, 3.8) is 0 Å². The highest BCUT2D eigenvalue weighted by molar-refractivity contribution is 7.89. The highest BCUT2D eigenvalue weighted by Crippen LogP contribution is 2.13. The third-order valence-electron chi connectivity index (χ3n) is 3.36. The second-order valence-electron chi connectivity index (χ2n) is 5.34. The van der Waals surface area contributed by atoms with Gasteiger partial charge in [-0.05, 0) is 30.7 Å². The minimum Gasteiger partial charge on any atom is -0.349 e. The van der Waals surface area contributed by atoms with Gasteiger partial charge >= 0.3 is 0 Å². The smallest absolute Gasteiger partial charge is 0.251 e. The standard InChI is InChI=1S/C18H20N2O3S/c1-3-10-19-18(21)16-8-5-9-17(12-16)24(22,23)20-13-15-7-4-6-14(2)11-15/h3-9,11-12,20H,1,10,13H2,2H3,(H,19,21). The van der Waals surface area contributed by atoms with Crippen molar-refractivity contribution in [3.8, 4) is 0 Å². The Kier molecular flexibility index (Phi) is 5.89. The van der Waals surface area contributed by atoms with Gasteiger partial charge in [-0.3, -0.25) is 4.79 Å². The molecule has 0 saturated heterocycles. The molecule has 6 heteroatoms. The molecule has 0 aromatic heterocycles. The predicted octanol–water partition coefficient (Wildman–Crippen LogP) is 2.39. The number of carbonyl (C=O) groups is 1. The van der Waals surface area contributed by atoms with Crippen molar-refractivity contribution < 1.29 is 13.2 Å². The van der Waals surface area contributed by atoms with Crippen LogP contribution in [0.25, 0.3) is 0 Å². The topological polar surface area (TPSA) is 75.3 Å². The van der Waals surface area contributed by atoms with E-state index < -0.39 is 10.0 Å². The first-order valence-electron chi connectivity index (χ1n) is 7.47. The average molecular weight is 344 g/mol. The van der Waals surface area contributed by atoms with Crippen LogP contribution in [-0.4, -0.2) is 20.9 Å². The van der Waals surface area contributed by atoms with Gasteiger partial charge in [0, 0.05) is 18.7 Å². The maximum Gasteiger partial charge on any atom is 0.251 e. The van der Waals surface area contributed by atoms with Gasteiger partial charge in [-0.2, -0.15) is 0 Å². The number of amides is 1. The van der Waals surface area contributed by atoms with E-state index in [-0.39, 0.29) is 22.9 Å². The van der Waals surface area contributed by atoms with Gasteiger partial charge in [-0.1, -0.05) is 42.0 Å². The van der Waals surface area contributed by atoms with Crippen LogP contribution in [0.5, 0.6) is 0 Å². The van der Waals surface area contributed by atoms with Crippen LogP contribution in [0, 0.1) is 6.92 Å². The van der Waals surface area contributed by atoms with E-state index in [1.165, 1.54) is 12.1 Å². The van der Waals surface area contributed by atoms with Gasteiger partial charge in [0.25, 0.3) is 5.91 Å². The van der Waals surface area contributed by atoms with Crippen LogP contribution in [-0.2, 0) is 16.6 Å². The fourth-order valence-corrected chi connectivity index (χ4v) is 3.22. The molecule has 0 radical (unpaired) electrons. The summed E-state index contributed by atoms with van der Waals surface area (Å²) in [6, 6.07) is 13.5. The zero-order valence-electron chi connectivity index (χ0n) is 13.5. The van der Waals surface area contributed by atoms with Crippen LogP contribution in [0.1, 0.15) is 21.5 Å². The summed E-state index contributed by atoms with van der Waals surface area (Å²) < 4.78 is 27.4. The highest BCUT2D eigenvalue weighted by atomic mass is 32.2. The SMILES string of the molecule is C=CCNC(=O)c1cccc(S(=O)(=O)NCc2cccc(C)c2)c1. The molecule has 2 N–H and O–H groups in total. The van der Waals surface area contributed by atoms with E-state index in [1.807, 2.05) is 31.2 Å². The Morgan fingerprint density at radius 3 is 2.62 bits per heavy atom. The number of rotatable bonds is 7. The van der Waals surface area contributed by atoms with Gasteiger partial charge in [0.2, 0.25) is 10.0 Å². The molecule has 2 aromatic carbocycles. The van der Waals surface area contributed by atoms with Crippen molar-refractivity contribution in [2.24, 2.45) is 0 Å². The lowest BCUT2D eigenvalue weighted by molar-refractivity contribution is 0.0958. The Hall–Kier alpha value is -2.44. The summed E-state index contributed by atoms with van der Waals surface area (Å²) in [7, 11) is -3.70. The van der Waals surface area contributed by atoms with Crippen LogP contribution >= 0.6 is 0 Å². The summed E-state index contributed by atoms with van der Waals surface area (Å²) >= 11 is 0. The van der Waals surface area contributed by atoms with E-state index >= 15 is 0 Å². The van der Waals surface area contributed by atoms with E-state index in [2.05, 4.69) is 16.6 Å². The van der Waals surface area contributed by atoms with Crippen molar-refractivity contribution in [1.29, 1.82) is 0 Å². The summed E-state index contributed by atoms with van der Waals surface area (Å²) in [6.45, 7) is 5.98. The molecule has 1 amide bonds. The molecule has 0 aliphatic carbocycles. The van der Waals surface area contributed by atoms with Crippen LogP contribution in [0.4, 0.5) is 0 Å². The molecule has 24 heavy (non-hydrogen) atoms. The molecular weight excluding hydrogens is 324 g/mol. The van der Waals surface area contributed by atoms with E-state index in [4.69, 9.17) is 0 Å². The maximum absolute atomic E-state index is 12.4. The lowest BCUT2D eigenvalue weighted by Gasteiger charge is -2.09. The Labute approximate surface area is 142 Å². The molecule has 5 nitrogen and oxygen atoms in total. The molecule has 0 spiro atoms. The number of nitrogens with one attached hydrogen (secondary N) is 2. The third-order valence-corrected chi connectivity index (χ3v) is 4.76. The van der Waals surface area contributed by atoms with E-state index in [1.54, 1.807) is 18.2 Å². The number of carbonyl (C=O) groups excluding carboxylic acids is 1. The van der Waals surface area contributed by atoms with Crippen molar-refractivity contribution in [1.82, 2.24) is 10.0 Å². The number of hydrogen-bond acceptors (Lipinski definition) is 3. The first kappa shape index (κ1) is 17.9. The Bertz CT molecular complexity index is 845. The molecule has 0 aliphatic heterocycles. The van der Waals surface area contributed by atoms with Gasteiger partial charge < -0.3 is 5.32 Å². The van der Waals surface area contributed by atoms with Gasteiger partial charge in [-0.15, -0.1) is 6.58 Å². The minimum atomic E-state index is -3.70. The molecular formula is C18H20N2O3S. The van der Waals surface area contributed by atoms with Crippen LogP contribution in [0.15, 0.2) is 66.1 Å². The fraction of sp³-hybridized carbons (Fsp3) is 0.167. The zero-order chi connectivity index (χ0) is 17.6. The Morgan fingerprint density at radius 2 is 1.92 bits per heavy atom. The third kappa shape index (κ3) is 4.78. The minimum absolute atomic E-state index is 0.0569. The van der Waals surface area contributed by atoms with Gasteiger partial charge in [0.15, 0.2) is 0 Å². The number of aryl methyl sites for hydroxylation is 1. The zero-order valence-corrected chi connectivity index (χ0v) is 14.3. The van der Waals surface area contributed by atoms with E-state index in [0.29, 0.717) is 6.54 Å². The normalized spacial score (nSPS) is 11.0. The van der Waals surface area contributed by atoms with Gasteiger partial charge in [0.1, 0.15) is 0 Å². The maximum atomic E-state index is 12.4. The lowest BCUT2D eigenvalue weighted by Crippen LogP contribution is -2.25. The second kappa shape index (κ2) is 7.90. The molecule has 2 rings (SSSR count). The molecule has 0 bridgehead atoms. The van der Waals surface area contributed by atoms with Crippen LogP contribution in [0.3, 0.4) is 0 Å². The van der Waals surface area contributed by atoms with Crippen molar-refractivity contribution >= 4 is 15.9 Å². The molecule has 0 fully saturated rings. The fourth-order valence-electron chi connectivity index (χ4n) is 2.16. The Morgan fingerprint density at radius 1 is 1.17 bits per heavy atom. The largest absolute Gasteiger partial charge is 0.349 e. The first-order valence-corrected chi connectivity index (χ1v) is 8.95. The van der Waals surface area contributed by atoms with E-state index in [9.17, 15) is 13.2 Å². The monoisotopic (exact) mass is 344 g/mol. The van der Waals surface area contributed by atoms with Crippen molar-refractivity contribution in [2.75, 3.05) is 6.54 Å². The average Bonchev–Trinajstić information content (AvgIpc) is 2.58. The summed E-state index contributed by atoms with van der Waals surface area (Å²) in [5, 5.41) is 2.62. The molecule has 0 saturated carbocycles. The molecule has 0 aliphatic rings. The summed E-state index contributed by atoms with van der Waals surface area (Å²) in [6.07, 6.45) is 1.56. The first-order chi connectivity index (χ1) is 11.4. The molecule has 0 heterocycles. The van der Waals surface area contributed by atoms with Gasteiger partial charge in [-0.25, -0.2) is 13.1 Å². The van der Waals surface area contributed by atoms with Crippen LogP contribution < -0.4 is 10.0 Å². The Balaban J connectivity index is 2.14. The van der Waals surface area contributed by atoms with Crippen LogP contribution in [0.2, 0.25) is 0 Å². The molecule has 126 valence electrons. The van der Waals surface area contributed by atoms with Crippen molar-refractivity contribution in [2.45, 2.75) is 18.4 Å². The summed E-state index contributed by atoms with van der Waals surface area (Å²) in [4.78, 5) is 12.0. The van der Waals surface area contributed by atoms with Gasteiger partial charge in [0.05, 0.1) is 4.90 Å². The predicted molar refractivity (Wildman–Crippen MR) is 94.2 cm³/mol. The molecule has 0 atom stereocenters. The number of hydrogen-bond donors (Lipinski definition) is 2. The summed E-state index contributed by atoms with van der Waals surface area (Å²) in [5.41, 5.74) is 2.22. The second-order valence-corrected chi connectivity index (χ2v) is 7.11. The quantitative estimate of drug-likeness (QED) is 0.757.